The van der Waals surface area contributed by atoms with Gasteiger partial charge in [-0.25, -0.2) is 0 Å². The standard InChI is InChI=1S/C16H23NO/c1-11(17)16(9-10-16)15-13-6-4-2-3-5-12(13)7-8-14(15)18/h7-8,11,18H,2-6,9-10,17H2,1H3. The second kappa shape index (κ2) is 4.27. The predicted molar refractivity (Wildman–Crippen MR) is 73.9 cm³/mol. The van der Waals surface area contributed by atoms with E-state index in [4.69, 9.17) is 5.73 Å². The van der Waals surface area contributed by atoms with E-state index in [1.54, 1.807) is 0 Å². The third kappa shape index (κ3) is 1.74. The van der Waals surface area contributed by atoms with E-state index < -0.39 is 0 Å². The Morgan fingerprint density at radius 1 is 1.17 bits per heavy atom. The minimum absolute atomic E-state index is 0.0692. The van der Waals surface area contributed by atoms with E-state index in [1.807, 2.05) is 6.07 Å². The highest BCUT2D eigenvalue weighted by Crippen LogP contribution is 2.55. The van der Waals surface area contributed by atoms with Crippen molar-refractivity contribution in [1.29, 1.82) is 0 Å². The zero-order chi connectivity index (χ0) is 12.8. The van der Waals surface area contributed by atoms with Crippen molar-refractivity contribution in [2.24, 2.45) is 5.73 Å². The minimum Gasteiger partial charge on any atom is -0.508 e. The molecule has 2 aliphatic rings. The number of nitrogens with two attached hydrogens (primary N) is 1. The zero-order valence-corrected chi connectivity index (χ0v) is 11.2. The summed E-state index contributed by atoms with van der Waals surface area (Å²) < 4.78 is 0. The summed E-state index contributed by atoms with van der Waals surface area (Å²) in [6.07, 6.45) is 8.38. The number of fused-ring (bicyclic) bond motifs is 1. The van der Waals surface area contributed by atoms with Gasteiger partial charge in [0.05, 0.1) is 0 Å². The fraction of sp³-hybridized carbons (Fsp3) is 0.625. The molecule has 0 heterocycles. The molecule has 98 valence electrons. The quantitative estimate of drug-likeness (QED) is 0.787. The Labute approximate surface area is 109 Å². The van der Waals surface area contributed by atoms with Crippen LogP contribution in [0.2, 0.25) is 0 Å². The lowest BCUT2D eigenvalue weighted by Gasteiger charge is -2.25. The zero-order valence-electron chi connectivity index (χ0n) is 11.2. The van der Waals surface area contributed by atoms with Crippen LogP contribution >= 0.6 is 0 Å². The second-order valence-electron chi connectivity index (χ2n) is 6.10. The van der Waals surface area contributed by atoms with Crippen LogP contribution in [0.4, 0.5) is 0 Å². The van der Waals surface area contributed by atoms with Crippen molar-refractivity contribution in [2.45, 2.75) is 63.3 Å². The van der Waals surface area contributed by atoms with E-state index >= 15 is 0 Å². The molecule has 1 aromatic carbocycles. The van der Waals surface area contributed by atoms with Crippen molar-refractivity contribution < 1.29 is 5.11 Å². The van der Waals surface area contributed by atoms with Gasteiger partial charge in [0, 0.05) is 17.0 Å². The Balaban J connectivity index is 2.13. The third-order valence-corrected chi connectivity index (χ3v) is 4.92. The first-order valence-corrected chi connectivity index (χ1v) is 7.25. The summed E-state index contributed by atoms with van der Waals surface area (Å²) in [6.45, 7) is 2.09. The molecule has 1 fully saturated rings. The van der Waals surface area contributed by atoms with Crippen LogP contribution in [0.1, 0.15) is 55.7 Å². The topological polar surface area (TPSA) is 46.2 Å². The summed E-state index contributed by atoms with van der Waals surface area (Å²) in [5.41, 5.74) is 10.3. The number of rotatable bonds is 2. The SMILES string of the molecule is CC(N)C1(c2c(O)ccc3c2CCCCC3)CC1. The third-order valence-electron chi connectivity index (χ3n) is 4.92. The van der Waals surface area contributed by atoms with Crippen LogP contribution in [0.25, 0.3) is 0 Å². The fourth-order valence-electron chi connectivity index (χ4n) is 3.62. The molecule has 3 N–H and O–H groups in total. The molecule has 3 rings (SSSR count). The molecule has 0 radical (unpaired) electrons. The maximum Gasteiger partial charge on any atom is 0.119 e. The number of hydrogen-bond donors (Lipinski definition) is 2. The molecule has 2 nitrogen and oxygen atoms in total. The number of phenolic OH excluding ortho intramolecular Hbond substituents is 1. The maximum atomic E-state index is 10.3. The smallest absolute Gasteiger partial charge is 0.119 e. The molecule has 1 atom stereocenters. The Bertz CT molecular complexity index is 460. The lowest BCUT2D eigenvalue weighted by Crippen LogP contribution is -2.32. The molecule has 0 aliphatic heterocycles. The van der Waals surface area contributed by atoms with Crippen LogP contribution in [0, 0.1) is 0 Å². The highest BCUT2D eigenvalue weighted by atomic mass is 16.3. The lowest BCUT2D eigenvalue weighted by atomic mass is 9.82. The van der Waals surface area contributed by atoms with Crippen molar-refractivity contribution in [3.8, 4) is 5.75 Å². The predicted octanol–water partition coefficient (Wildman–Crippen LogP) is 3.04. The minimum atomic E-state index is 0.0692. The molecular weight excluding hydrogens is 222 g/mol. The van der Waals surface area contributed by atoms with Gasteiger partial charge >= 0.3 is 0 Å². The molecule has 2 heteroatoms. The molecule has 2 aliphatic carbocycles. The Morgan fingerprint density at radius 2 is 1.89 bits per heavy atom. The average molecular weight is 245 g/mol. The van der Waals surface area contributed by atoms with Gasteiger partial charge in [-0.05, 0) is 62.6 Å². The lowest BCUT2D eigenvalue weighted by molar-refractivity contribution is 0.443. The van der Waals surface area contributed by atoms with Crippen molar-refractivity contribution >= 4 is 0 Å². The first kappa shape index (κ1) is 12.0. The van der Waals surface area contributed by atoms with E-state index in [0.29, 0.717) is 5.75 Å². The van der Waals surface area contributed by atoms with Gasteiger partial charge in [-0.2, -0.15) is 0 Å². The molecule has 0 saturated heterocycles. The van der Waals surface area contributed by atoms with Crippen molar-refractivity contribution in [1.82, 2.24) is 0 Å². The molecule has 1 aromatic rings. The van der Waals surface area contributed by atoms with E-state index in [-0.39, 0.29) is 11.5 Å². The molecule has 0 amide bonds. The average Bonchev–Trinajstić information content (AvgIpc) is 3.12. The molecule has 18 heavy (non-hydrogen) atoms. The summed E-state index contributed by atoms with van der Waals surface area (Å²) in [7, 11) is 0. The summed E-state index contributed by atoms with van der Waals surface area (Å²) in [5, 5.41) is 10.3. The van der Waals surface area contributed by atoms with Crippen LogP contribution < -0.4 is 5.73 Å². The van der Waals surface area contributed by atoms with E-state index in [9.17, 15) is 5.11 Å². The molecule has 0 spiro atoms. The maximum absolute atomic E-state index is 10.3. The molecule has 0 aromatic heterocycles. The molecule has 0 bridgehead atoms. The number of phenols is 1. The summed E-state index contributed by atoms with van der Waals surface area (Å²) in [6, 6.07) is 4.15. The summed E-state index contributed by atoms with van der Waals surface area (Å²) >= 11 is 0. The van der Waals surface area contributed by atoms with Gasteiger partial charge in [-0.1, -0.05) is 12.5 Å². The van der Waals surface area contributed by atoms with Crippen LogP contribution in [-0.2, 0) is 18.3 Å². The van der Waals surface area contributed by atoms with Gasteiger partial charge < -0.3 is 10.8 Å². The van der Waals surface area contributed by atoms with E-state index in [1.165, 1.54) is 36.0 Å². The van der Waals surface area contributed by atoms with Crippen molar-refractivity contribution in [3.05, 3.63) is 28.8 Å². The largest absolute Gasteiger partial charge is 0.508 e. The van der Waals surface area contributed by atoms with Crippen LogP contribution in [0.3, 0.4) is 0 Å². The Hall–Kier alpha value is -1.02. The van der Waals surface area contributed by atoms with Gasteiger partial charge in [0.1, 0.15) is 5.75 Å². The van der Waals surface area contributed by atoms with Gasteiger partial charge in [0.2, 0.25) is 0 Å². The Kier molecular flexibility index (Phi) is 2.86. The first-order chi connectivity index (χ1) is 8.65. The fourth-order valence-corrected chi connectivity index (χ4v) is 3.62. The molecule has 1 unspecified atom stereocenters. The van der Waals surface area contributed by atoms with Crippen LogP contribution in [0.5, 0.6) is 5.75 Å². The van der Waals surface area contributed by atoms with Gasteiger partial charge in [-0.3, -0.25) is 0 Å². The van der Waals surface area contributed by atoms with Gasteiger partial charge in [0.25, 0.3) is 0 Å². The normalized spacial score (nSPS) is 23.0. The van der Waals surface area contributed by atoms with Crippen LogP contribution in [-0.4, -0.2) is 11.1 Å². The van der Waals surface area contributed by atoms with Crippen molar-refractivity contribution in [2.75, 3.05) is 0 Å². The highest BCUT2D eigenvalue weighted by molar-refractivity contribution is 5.53. The van der Waals surface area contributed by atoms with E-state index in [0.717, 1.165) is 25.7 Å². The summed E-state index contributed by atoms with van der Waals surface area (Å²) in [5.74, 6) is 0.477. The number of aryl methyl sites for hydroxylation is 1. The number of hydrogen-bond acceptors (Lipinski definition) is 2. The van der Waals surface area contributed by atoms with Gasteiger partial charge in [-0.15, -0.1) is 0 Å². The molecule has 1 saturated carbocycles. The number of benzene rings is 1. The first-order valence-electron chi connectivity index (χ1n) is 7.25. The monoisotopic (exact) mass is 245 g/mol. The second-order valence-corrected chi connectivity index (χ2v) is 6.10. The molecular formula is C16H23NO. The number of aromatic hydroxyl groups is 1. The van der Waals surface area contributed by atoms with Crippen molar-refractivity contribution in [3.63, 3.8) is 0 Å². The Morgan fingerprint density at radius 3 is 2.56 bits per heavy atom. The van der Waals surface area contributed by atoms with Crippen LogP contribution in [0.15, 0.2) is 12.1 Å². The highest BCUT2D eigenvalue weighted by Gasteiger charge is 2.50. The van der Waals surface area contributed by atoms with Gasteiger partial charge in [0.15, 0.2) is 0 Å². The summed E-state index contributed by atoms with van der Waals surface area (Å²) in [4.78, 5) is 0. The van der Waals surface area contributed by atoms with E-state index in [2.05, 4.69) is 13.0 Å².